The third-order valence-electron chi connectivity index (χ3n) is 8.26. The number of benzene rings is 2. The van der Waals surface area contributed by atoms with E-state index in [2.05, 4.69) is 41.5 Å². The first-order chi connectivity index (χ1) is 24.7. The predicted molar refractivity (Wildman–Crippen MR) is 180 cm³/mol. The molecule has 15 nitrogen and oxygen atoms in total. The van der Waals surface area contributed by atoms with E-state index >= 15 is 0 Å². The smallest absolute Gasteiger partial charge is 0.422 e. The van der Waals surface area contributed by atoms with E-state index in [1.165, 1.54) is 31.4 Å². The average molecular weight is 749 g/mol. The standard InChI is InChI=1S/C33H36ClF3N8O7/c1-51-16-24(18-2-3-18)41-27(48)26(47)38-15-12-23(28(49)50)40-25(46)19-4-10-22(11-5-19)39-29-42-30(44-31(43-29)52-17-33(35,36)37)45-32(13-14-32)20-6-8-21(34)9-7-20/h4-11,18,23-24H,2-3,12-17H2,1H3,(H,38,47)(H,40,46)(H,41,48)(H,49,50)(H2,39,42,43,44,45)/t23-,24?/m0/s1. The lowest BCUT2D eigenvalue weighted by atomic mass is 10.1. The van der Waals surface area contributed by atoms with E-state index in [0.717, 1.165) is 18.4 Å². The third-order valence-corrected chi connectivity index (χ3v) is 8.51. The highest BCUT2D eigenvalue weighted by Crippen LogP contribution is 2.48. The molecule has 6 N–H and O–H groups in total. The van der Waals surface area contributed by atoms with E-state index in [1.807, 2.05) is 12.1 Å². The maximum atomic E-state index is 12.9. The Morgan fingerprint density at radius 3 is 2.23 bits per heavy atom. The van der Waals surface area contributed by atoms with E-state index in [4.69, 9.17) is 21.1 Å². The second-order valence-corrected chi connectivity index (χ2v) is 12.8. The van der Waals surface area contributed by atoms with Crippen molar-refractivity contribution in [2.24, 2.45) is 5.92 Å². The number of alkyl halides is 3. The van der Waals surface area contributed by atoms with Crippen LogP contribution < -0.4 is 31.3 Å². The van der Waals surface area contributed by atoms with Gasteiger partial charge < -0.3 is 41.2 Å². The number of aliphatic carboxylic acids is 1. The lowest BCUT2D eigenvalue weighted by Gasteiger charge is -2.19. The van der Waals surface area contributed by atoms with Crippen LogP contribution >= 0.6 is 11.6 Å². The summed E-state index contributed by atoms with van der Waals surface area (Å²) in [6.07, 6.45) is -1.60. The van der Waals surface area contributed by atoms with Crippen LogP contribution in [0.5, 0.6) is 6.01 Å². The minimum Gasteiger partial charge on any atom is -0.480 e. The first kappa shape index (κ1) is 38.0. The molecule has 0 radical (unpaired) electrons. The molecule has 0 bridgehead atoms. The summed E-state index contributed by atoms with van der Waals surface area (Å²) >= 11 is 6.01. The lowest BCUT2D eigenvalue weighted by molar-refractivity contribution is -0.154. The molecule has 1 aromatic heterocycles. The number of amides is 3. The van der Waals surface area contributed by atoms with Crippen LogP contribution in [-0.2, 0) is 24.7 Å². The number of ether oxygens (including phenoxy) is 2. The fourth-order valence-corrected chi connectivity index (χ4v) is 5.35. The Morgan fingerprint density at radius 1 is 0.962 bits per heavy atom. The Hall–Kier alpha value is -5.23. The Morgan fingerprint density at radius 2 is 1.63 bits per heavy atom. The largest absolute Gasteiger partial charge is 0.480 e. The van der Waals surface area contributed by atoms with Crippen molar-refractivity contribution in [1.82, 2.24) is 30.9 Å². The Kier molecular flexibility index (Phi) is 12.0. The molecule has 1 unspecified atom stereocenters. The maximum Gasteiger partial charge on any atom is 0.422 e. The molecule has 3 aromatic rings. The van der Waals surface area contributed by atoms with Gasteiger partial charge in [0.05, 0.1) is 18.2 Å². The molecule has 2 aliphatic carbocycles. The molecule has 2 fully saturated rings. The van der Waals surface area contributed by atoms with Gasteiger partial charge in [0.15, 0.2) is 6.61 Å². The zero-order valence-electron chi connectivity index (χ0n) is 27.8. The van der Waals surface area contributed by atoms with Gasteiger partial charge in [-0.2, -0.15) is 28.1 Å². The second kappa shape index (κ2) is 16.4. The summed E-state index contributed by atoms with van der Waals surface area (Å²) in [6, 6.07) is 10.5. The molecular weight excluding hydrogens is 713 g/mol. The number of carboxylic acids is 1. The van der Waals surface area contributed by atoms with Crippen LogP contribution in [0.25, 0.3) is 0 Å². The number of aromatic nitrogens is 3. The summed E-state index contributed by atoms with van der Waals surface area (Å²) in [6.45, 7) is -1.57. The molecule has 52 heavy (non-hydrogen) atoms. The van der Waals surface area contributed by atoms with Crippen LogP contribution in [0, 0.1) is 5.92 Å². The topological polar surface area (TPSA) is 206 Å². The number of anilines is 3. The molecule has 278 valence electrons. The molecule has 3 amide bonds. The van der Waals surface area contributed by atoms with Crippen molar-refractivity contribution in [2.75, 3.05) is 37.5 Å². The fourth-order valence-electron chi connectivity index (χ4n) is 5.22. The van der Waals surface area contributed by atoms with Crippen molar-refractivity contribution in [2.45, 2.75) is 55.9 Å². The highest BCUT2D eigenvalue weighted by atomic mass is 35.5. The molecule has 19 heteroatoms. The highest BCUT2D eigenvalue weighted by Gasteiger charge is 2.45. The summed E-state index contributed by atoms with van der Waals surface area (Å²) < 4.78 is 48.6. The number of carboxylic acid groups (broad SMARTS) is 1. The molecule has 0 spiro atoms. The summed E-state index contributed by atoms with van der Waals surface area (Å²) in [7, 11) is 1.49. The predicted octanol–water partition coefficient (Wildman–Crippen LogP) is 3.54. The van der Waals surface area contributed by atoms with E-state index in [1.54, 1.807) is 12.1 Å². The number of nitrogens with zero attached hydrogens (tertiary/aromatic N) is 3. The summed E-state index contributed by atoms with van der Waals surface area (Å²) in [5, 5.41) is 23.6. The summed E-state index contributed by atoms with van der Waals surface area (Å²) in [4.78, 5) is 61.5. The van der Waals surface area contributed by atoms with Gasteiger partial charge in [0, 0.05) is 29.9 Å². The van der Waals surface area contributed by atoms with Crippen molar-refractivity contribution >= 4 is 52.9 Å². The molecule has 1 heterocycles. The number of nitrogens with one attached hydrogen (secondary N) is 5. The molecule has 2 saturated carbocycles. The number of hydrogen-bond donors (Lipinski definition) is 6. The van der Waals surface area contributed by atoms with Crippen LogP contribution in [0.15, 0.2) is 48.5 Å². The number of hydrogen-bond acceptors (Lipinski definition) is 11. The van der Waals surface area contributed by atoms with Crippen LogP contribution in [0.3, 0.4) is 0 Å². The first-order valence-electron chi connectivity index (χ1n) is 16.2. The van der Waals surface area contributed by atoms with E-state index in [0.29, 0.717) is 23.6 Å². The highest BCUT2D eigenvalue weighted by molar-refractivity contribution is 6.35. The van der Waals surface area contributed by atoms with Crippen LogP contribution in [0.1, 0.15) is 48.0 Å². The van der Waals surface area contributed by atoms with Crippen molar-refractivity contribution in [1.29, 1.82) is 0 Å². The molecule has 2 aliphatic rings. The molecule has 5 rings (SSSR count). The Labute approximate surface area is 300 Å². The molecule has 0 aliphatic heterocycles. The van der Waals surface area contributed by atoms with Crippen molar-refractivity contribution in [3.05, 3.63) is 64.7 Å². The number of carbonyl (C=O) groups is 4. The van der Waals surface area contributed by atoms with Gasteiger partial charge in [0.25, 0.3) is 5.91 Å². The van der Waals surface area contributed by atoms with Gasteiger partial charge in [-0.25, -0.2) is 4.79 Å². The molecular formula is C33H36ClF3N8O7. The van der Waals surface area contributed by atoms with Gasteiger partial charge >= 0.3 is 30.0 Å². The molecule has 0 saturated heterocycles. The number of methoxy groups -OCH3 is 1. The maximum absolute atomic E-state index is 12.9. The number of rotatable bonds is 17. The van der Waals surface area contributed by atoms with Gasteiger partial charge in [-0.05, 0) is 80.0 Å². The quantitative estimate of drug-likeness (QED) is 0.110. The number of carbonyl (C=O) groups excluding carboxylic acids is 3. The zero-order chi connectivity index (χ0) is 37.5. The number of halogens is 4. The van der Waals surface area contributed by atoms with Crippen molar-refractivity contribution in [3.63, 3.8) is 0 Å². The van der Waals surface area contributed by atoms with E-state index < -0.39 is 54.1 Å². The normalized spacial score (nSPS) is 15.8. The Balaban J connectivity index is 1.18. The van der Waals surface area contributed by atoms with Gasteiger partial charge in [-0.1, -0.05) is 23.7 Å². The van der Waals surface area contributed by atoms with Crippen molar-refractivity contribution < 1.29 is 46.9 Å². The third kappa shape index (κ3) is 10.9. The van der Waals surface area contributed by atoms with Gasteiger partial charge in [0.2, 0.25) is 11.9 Å². The summed E-state index contributed by atoms with van der Waals surface area (Å²) in [5.74, 6) is -3.84. The molecule has 2 aromatic carbocycles. The lowest BCUT2D eigenvalue weighted by Crippen LogP contribution is -2.48. The van der Waals surface area contributed by atoms with Gasteiger partial charge in [-0.15, -0.1) is 0 Å². The fraction of sp³-hybridized carbons (Fsp3) is 0.424. The minimum absolute atomic E-state index is 0.0387. The molecule has 2 atom stereocenters. The minimum atomic E-state index is -4.64. The second-order valence-electron chi connectivity index (χ2n) is 12.4. The Bertz CT molecular complexity index is 1760. The van der Waals surface area contributed by atoms with Crippen LogP contribution in [0.4, 0.5) is 30.8 Å². The first-order valence-corrected chi connectivity index (χ1v) is 16.6. The van der Waals surface area contributed by atoms with E-state index in [9.17, 15) is 37.5 Å². The van der Waals surface area contributed by atoms with E-state index in [-0.39, 0.29) is 49.0 Å². The monoisotopic (exact) mass is 748 g/mol. The zero-order valence-corrected chi connectivity index (χ0v) is 28.5. The summed E-state index contributed by atoms with van der Waals surface area (Å²) in [5.41, 5.74) is 0.739. The van der Waals surface area contributed by atoms with Crippen molar-refractivity contribution in [3.8, 4) is 6.01 Å². The van der Waals surface area contributed by atoms with Crippen LogP contribution in [-0.4, -0.2) is 88.9 Å². The van der Waals surface area contributed by atoms with Crippen LogP contribution in [0.2, 0.25) is 5.02 Å². The SMILES string of the molecule is COCC(NC(=O)C(=O)NCC[C@H](NC(=O)c1ccc(Nc2nc(NC3(c4ccc(Cl)cc4)CC3)nc(OCC(F)(F)F)n2)cc1)C(=O)O)C1CC1. The van der Waals surface area contributed by atoms with Gasteiger partial charge in [0.1, 0.15) is 6.04 Å². The average Bonchev–Trinajstić information content (AvgIpc) is 4.04. The van der Waals surface area contributed by atoms with Gasteiger partial charge in [-0.3, -0.25) is 14.4 Å².